The number of sulfonamides is 1. The SMILES string of the molecule is CC(C)(C)NS(=O)(=O)c1cc([N+](=O)[O-])ccc1Br. The lowest BCUT2D eigenvalue weighted by Crippen LogP contribution is -2.40. The molecule has 0 spiro atoms. The average molecular weight is 337 g/mol. The minimum Gasteiger partial charge on any atom is -0.258 e. The fraction of sp³-hybridized carbons (Fsp3) is 0.400. The number of rotatable bonds is 3. The van der Waals surface area contributed by atoms with Gasteiger partial charge in [0.15, 0.2) is 0 Å². The van der Waals surface area contributed by atoms with Crippen LogP contribution in [0.3, 0.4) is 0 Å². The van der Waals surface area contributed by atoms with Crippen molar-refractivity contribution < 1.29 is 13.3 Å². The molecule has 6 nitrogen and oxygen atoms in total. The number of nitro groups is 1. The number of benzene rings is 1. The van der Waals surface area contributed by atoms with Crippen LogP contribution >= 0.6 is 15.9 Å². The molecule has 0 amide bonds. The maximum absolute atomic E-state index is 12.1. The Morgan fingerprint density at radius 2 is 1.89 bits per heavy atom. The third-order valence-electron chi connectivity index (χ3n) is 1.86. The van der Waals surface area contributed by atoms with E-state index in [1.807, 2.05) is 0 Å². The van der Waals surface area contributed by atoms with Crippen molar-refractivity contribution in [3.63, 3.8) is 0 Å². The van der Waals surface area contributed by atoms with Gasteiger partial charge in [0.1, 0.15) is 4.90 Å². The summed E-state index contributed by atoms with van der Waals surface area (Å²) in [6, 6.07) is 3.60. The number of non-ortho nitro benzene ring substituents is 1. The summed E-state index contributed by atoms with van der Waals surface area (Å²) in [7, 11) is -3.81. The van der Waals surface area contributed by atoms with Crippen LogP contribution in [0.4, 0.5) is 5.69 Å². The standard InChI is InChI=1S/C10H13BrN2O4S/c1-10(2,3)12-18(16,17)9-6-7(13(14)15)4-5-8(9)11/h4-6,12H,1-3H3. The van der Waals surface area contributed by atoms with Crippen molar-refractivity contribution in [1.82, 2.24) is 4.72 Å². The molecule has 0 aliphatic carbocycles. The molecule has 100 valence electrons. The topological polar surface area (TPSA) is 89.3 Å². The zero-order valence-corrected chi connectivity index (χ0v) is 12.5. The summed E-state index contributed by atoms with van der Waals surface area (Å²) in [5.74, 6) is 0. The maximum Gasteiger partial charge on any atom is 0.270 e. The first-order chi connectivity index (χ1) is 8.03. The molecule has 1 aromatic rings. The predicted molar refractivity (Wildman–Crippen MR) is 70.9 cm³/mol. The summed E-state index contributed by atoms with van der Waals surface area (Å²) < 4.78 is 26.9. The van der Waals surface area contributed by atoms with Gasteiger partial charge in [0.2, 0.25) is 10.0 Å². The van der Waals surface area contributed by atoms with Gasteiger partial charge in [-0.1, -0.05) is 0 Å². The van der Waals surface area contributed by atoms with Crippen LogP contribution in [0, 0.1) is 10.1 Å². The van der Waals surface area contributed by atoms with Crippen molar-refractivity contribution in [3.8, 4) is 0 Å². The molecule has 1 rings (SSSR count). The Bertz CT molecular complexity index is 578. The third-order valence-corrected chi connectivity index (χ3v) is 4.61. The van der Waals surface area contributed by atoms with E-state index in [1.54, 1.807) is 20.8 Å². The summed E-state index contributed by atoms with van der Waals surface area (Å²) in [4.78, 5) is 9.87. The fourth-order valence-electron chi connectivity index (χ4n) is 1.27. The van der Waals surface area contributed by atoms with Gasteiger partial charge in [0.05, 0.1) is 4.92 Å². The quantitative estimate of drug-likeness (QED) is 0.678. The monoisotopic (exact) mass is 336 g/mol. The van der Waals surface area contributed by atoms with Gasteiger partial charge in [-0.15, -0.1) is 0 Å². The van der Waals surface area contributed by atoms with Crippen molar-refractivity contribution >= 4 is 31.6 Å². The number of hydrogen-bond acceptors (Lipinski definition) is 4. The molecule has 1 N–H and O–H groups in total. The van der Waals surface area contributed by atoms with E-state index in [9.17, 15) is 18.5 Å². The van der Waals surface area contributed by atoms with Crippen LogP contribution in [0.2, 0.25) is 0 Å². The zero-order chi connectivity index (χ0) is 14.1. The molecule has 0 fully saturated rings. The molecular formula is C10H13BrN2O4S. The zero-order valence-electron chi connectivity index (χ0n) is 10.1. The highest BCUT2D eigenvalue weighted by molar-refractivity contribution is 9.10. The van der Waals surface area contributed by atoms with Gasteiger partial charge in [0, 0.05) is 22.1 Å². The lowest BCUT2D eigenvalue weighted by molar-refractivity contribution is -0.385. The van der Waals surface area contributed by atoms with Crippen molar-refractivity contribution in [3.05, 3.63) is 32.8 Å². The minimum absolute atomic E-state index is 0.147. The summed E-state index contributed by atoms with van der Waals surface area (Å²) in [5, 5.41) is 10.7. The highest BCUT2D eigenvalue weighted by Crippen LogP contribution is 2.27. The van der Waals surface area contributed by atoms with Gasteiger partial charge in [-0.3, -0.25) is 10.1 Å². The molecule has 0 aromatic heterocycles. The molecule has 0 aliphatic heterocycles. The number of nitrogens with zero attached hydrogens (tertiary/aromatic N) is 1. The Morgan fingerprint density at radius 3 is 2.33 bits per heavy atom. The van der Waals surface area contributed by atoms with Gasteiger partial charge in [-0.25, -0.2) is 13.1 Å². The highest BCUT2D eigenvalue weighted by Gasteiger charge is 2.25. The first-order valence-electron chi connectivity index (χ1n) is 5.01. The molecule has 0 aliphatic rings. The Hall–Kier alpha value is -0.990. The van der Waals surface area contributed by atoms with Gasteiger partial charge in [-0.2, -0.15) is 0 Å². The van der Waals surface area contributed by atoms with E-state index in [2.05, 4.69) is 20.7 Å². The lowest BCUT2D eigenvalue weighted by Gasteiger charge is -2.20. The second kappa shape index (κ2) is 4.94. The van der Waals surface area contributed by atoms with Crippen LogP contribution in [0.15, 0.2) is 27.6 Å². The maximum atomic E-state index is 12.1. The Labute approximate surface area is 114 Å². The van der Waals surface area contributed by atoms with E-state index in [0.29, 0.717) is 0 Å². The second-order valence-corrected chi connectivity index (χ2v) is 7.23. The summed E-state index contributed by atoms with van der Waals surface area (Å²) in [6.07, 6.45) is 0. The van der Waals surface area contributed by atoms with Crippen molar-refractivity contribution in [2.75, 3.05) is 0 Å². The molecule has 0 radical (unpaired) electrons. The van der Waals surface area contributed by atoms with Crippen molar-refractivity contribution in [2.24, 2.45) is 0 Å². The van der Waals surface area contributed by atoms with E-state index in [-0.39, 0.29) is 15.1 Å². The van der Waals surface area contributed by atoms with Crippen LogP contribution in [-0.2, 0) is 10.0 Å². The van der Waals surface area contributed by atoms with E-state index >= 15 is 0 Å². The van der Waals surface area contributed by atoms with E-state index < -0.39 is 20.5 Å². The smallest absolute Gasteiger partial charge is 0.258 e. The number of nitrogens with one attached hydrogen (secondary N) is 1. The molecule has 0 saturated heterocycles. The molecule has 0 saturated carbocycles. The number of hydrogen-bond donors (Lipinski definition) is 1. The van der Waals surface area contributed by atoms with Crippen LogP contribution < -0.4 is 4.72 Å². The minimum atomic E-state index is -3.81. The second-order valence-electron chi connectivity index (χ2n) is 4.73. The first kappa shape index (κ1) is 15.1. The molecule has 0 unspecified atom stereocenters. The fourth-order valence-corrected chi connectivity index (χ4v) is 3.67. The third kappa shape index (κ3) is 3.76. The lowest BCUT2D eigenvalue weighted by atomic mass is 10.1. The van der Waals surface area contributed by atoms with Crippen LogP contribution in [0.1, 0.15) is 20.8 Å². The van der Waals surface area contributed by atoms with Crippen LogP contribution in [0.5, 0.6) is 0 Å². The highest BCUT2D eigenvalue weighted by atomic mass is 79.9. The van der Waals surface area contributed by atoms with Crippen LogP contribution in [0.25, 0.3) is 0 Å². The molecule has 0 bridgehead atoms. The van der Waals surface area contributed by atoms with E-state index in [4.69, 9.17) is 0 Å². The Kier molecular flexibility index (Phi) is 4.14. The largest absolute Gasteiger partial charge is 0.270 e. The average Bonchev–Trinajstić information content (AvgIpc) is 2.13. The molecule has 0 atom stereocenters. The van der Waals surface area contributed by atoms with Crippen molar-refractivity contribution in [2.45, 2.75) is 31.2 Å². The van der Waals surface area contributed by atoms with Gasteiger partial charge in [0.25, 0.3) is 5.69 Å². The normalized spacial score (nSPS) is 12.4. The van der Waals surface area contributed by atoms with E-state index in [1.165, 1.54) is 12.1 Å². The summed E-state index contributed by atoms with van der Waals surface area (Å²) >= 11 is 3.08. The molecular weight excluding hydrogens is 324 g/mol. The van der Waals surface area contributed by atoms with Crippen molar-refractivity contribution in [1.29, 1.82) is 0 Å². The van der Waals surface area contributed by atoms with Crippen LogP contribution in [-0.4, -0.2) is 18.9 Å². The van der Waals surface area contributed by atoms with Gasteiger partial charge >= 0.3 is 0 Å². The summed E-state index contributed by atoms with van der Waals surface area (Å²) in [5.41, 5.74) is -0.935. The molecule has 0 heterocycles. The molecule has 18 heavy (non-hydrogen) atoms. The Morgan fingerprint density at radius 1 is 1.33 bits per heavy atom. The summed E-state index contributed by atoms with van der Waals surface area (Å²) in [6.45, 7) is 5.07. The Balaban J connectivity index is 3.32. The van der Waals surface area contributed by atoms with E-state index in [0.717, 1.165) is 6.07 Å². The molecule has 8 heteroatoms. The first-order valence-corrected chi connectivity index (χ1v) is 7.28. The van der Waals surface area contributed by atoms with Gasteiger partial charge in [-0.05, 0) is 42.8 Å². The van der Waals surface area contributed by atoms with Gasteiger partial charge < -0.3 is 0 Å². The number of halogens is 1. The number of nitro benzene ring substituents is 1. The molecule has 1 aromatic carbocycles. The predicted octanol–water partition coefficient (Wildman–Crippen LogP) is 2.43.